The number of nitrogens with zero attached hydrogens (tertiary/aromatic N) is 1. The molecule has 1 unspecified atom stereocenters. The van der Waals surface area contributed by atoms with Gasteiger partial charge < -0.3 is 10.2 Å². The molecule has 2 nitrogen and oxygen atoms in total. The van der Waals surface area contributed by atoms with Crippen LogP contribution < -0.4 is 5.32 Å². The van der Waals surface area contributed by atoms with Gasteiger partial charge in [-0.15, -0.1) is 0 Å². The van der Waals surface area contributed by atoms with Crippen molar-refractivity contribution in [3.05, 3.63) is 35.4 Å². The largest absolute Gasteiger partial charge is 0.312 e. The quantitative estimate of drug-likeness (QED) is 0.878. The molecule has 0 aromatic heterocycles. The zero-order valence-corrected chi connectivity index (χ0v) is 11.8. The van der Waals surface area contributed by atoms with Gasteiger partial charge in [0.2, 0.25) is 0 Å². The fourth-order valence-corrected chi connectivity index (χ4v) is 2.83. The second-order valence-electron chi connectivity index (χ2n) is 5.47. The van der Waals surface area contributed by atoms with Crippen molar-refractivity contribution >= 4 is 0 Å². The minimum atomic E-state index is 0.461. The van der Waals surface area contributed by atoms with Crippen molar-refractivity contribution in [1.29, 1.82) is 0 Å². The molecule has 1 aromatic rings. The summed E-state index contributed by atoms with van der Waals surface area (Å²) in [7, 11) is 2.07. The molecule has 2 heteroatoms. The van der Waals surface area contributed by atoms with Gasteiger partial charge in [0.25, 0.3) is 0 Å². The maximum Gasteiger partial charge on any atom is 0.0446 e. The lowest BCUT2D eigenvalue weighted by Crippen LogP contribution is -2.34. The third-order valence-corrected chi connectivity index (χ3v) is 3.93. The van der Waals surface area contributed by atoms with E-state index in [2.05, 4.69) is 48.5 Å². The maximum atomic E-state index is 3.47. The molecule has 1 N–H and O–H groups in total. The number of nitrogens with one attached hydrogen (secondary N) is 1. The van der Waals surface area contributed by atoms with Crippen LogP contribution in [0.1, 0.15) is 42.9 Å². The highest BCUT2D eigenvalue weighted by Gasteiger charge is 2.15. The number of hydrogen-bond donors (Lipinski definition) is 1. The summed E-state index contributed by atoms with van der Waals surface area (Å²) in [6.45, 7) is 5.84. The Kier molecular flexibility index (Phi) is 5.21. The molecule has 0 bridgehead atoms. The van der Waals surface area contributed by atoms with E-state index in [0.717, 1.165) is 6.54 Å². The Hall–Kier alpha value is -0.860. The van der Waals surface area contributed by atoms with Crippen LogP contribution in [-0.4, -0.2) is 31.6 Å². The third-order valence-electron chi connectivity index (χ3n) is 3.93. The third kappa shape index (κ3) is 3.82. The predicted octanol–water partition coefficient (Wildman–Crippen LogP) is 3.13. The Morgan fingerprint density at radius 1 is 1.17 bits per heavy atom. The normalized spacial score (nSPS) is 19.4. The summed E-state index contributed by atoms with van der Waals surface area (Å²) in [5, 5.41) is 3.47. The van der Waals surface area contributed by atoms with Gasteiger partial charge in [0.05, 0.1) is 0 Å². The summed E-state index contributed by atoms with van der Waals surface area (Å²) in [6, 6.07) is 9.34. The molecule has 1 atom stereocenters. The van der Waals surface area contributed by atoms with Crippen LogP contribution in [0.15, 0.2) is 24.3 Å². The van der Waals surface area contributed by atoms with E-state index in [-0.39, 0.29) is 0 Å². The molecule has 0 spiro atoms. The molecular weight excluding hydrogens is 220 g/mol. The van der Waals surface area contributed by atoms with Gasteiger partial charge in [-0.05, 0) is 45.5 Å². The van der Waals surface area contributed by atoms with Gasteiger partial charge >= 0.3 is 0 Å². The fraction of sp³-hybridized carbons (Fsp3) is 0.625. The molecule has 1 heterocycles. The van der Waals surface area contributed by atoms with Crippen molar-refractivity contribution in [2.45, 2.75) is 38.6 Å². The molecule has 1 aliphatic heterocycles. The molecule has 2 rings (SSSR count). The highest BCUT2D eigenvalue weighted by molar-refractivity contribution is 5.25. The zero-order valence-electron chi connectivity index (χ0n) is 11.8. The first-order valence-corrected chi connectivity index (χ1v) is 7.26. The van der Waals surface area contributed by atoms with Crippen LogP contribution in [0.5, 0.6) is 0 Å². The van der Waals surface area contributed by atoms with Crippen LogP contribution in [0.2, 0.25) is 0 Å². The van der Waals surface area contributed by atoms with Crippen LogP contribution in [0.3, 0.4) is 0 Å². The van der Waals surface area contributed by atoms with Crippen molar-refractivity contribution in [3.8, 4) is 0 Å². The van der Waals surface area contributed by atoms with Crippen LogP contribution in [0.25, 0.3) is 0 Å². The number of likely N-dealkylation sites (tertiary alicyclic amines) is 1. The van der Waals surface area contributed by atoms with E-state index in [0.29, 0.717) is 6.04 Å². The molecular formula is C16H26N2. The highest BCUT2D eigenvalue weighted by Crippen LogP contribution is 2.18. The number of aryl methyl sites for hydroxylation is 1. The van der Waals surface area contributed by atoms with E-state index in [1.807, 2.05) is 0 Å². The monoisotopic (exact) mass is 246 g/mol. The molecule has 1 saturated heterocycles. The topological polar surface area (TPSA) is 15.3 Å². The average Bonchev–Trinajstić information content (AvgIpc) is 2.64. The highest BCUT2D eigenvalue weighted by atomic mass is 15.1. The Morgan fingerprint density at radius 3 is 2.50 bits per heavy atom. The second-order valence-corrected chi connectivity index (χ2v) is 5.47. The lowest BCUT2D eigenvalue weighted by molar-refractivity contribution is 0.255. The zero-order chi connectivity index (χ0) is 12.8. The minimum Gasteiger partial charge on any atom is -0.312 e. The first kappa shape index (κ1) is 13.6. The smallest absolute Gasteiger partial charge is 0.0446 e. The molecule has 18 heavy (non-hydrogen) atoms. The number of rotatable bonds is 4. The summed E-state index contributed by atoms with van der Waals surface area (Å²) >= 11 is 0. The van der Waals surface area contributed by atoms with Gasteiger partial charge in [0, 0.05) is 12.6 Å². The van der Waals surface area contributed by atoms with Crippen LogP contribution in [0.4, 0.5) is 0 Å². The van der Waals surface area contributed by atoms with Gasteiger partial charge in [0.1, 0.15) is 0 Å². The van der Waals surface area contributed by atoms with E-state index in [4.69, 9.17) is 0 Å². The van der Waals surface area contributed by atoms with Crippen LogP contribution >= 0.6 is 0 Å². The minimum absolute atomic E-state index is 0.461. The Bertz CT molecular complexity index is 354. The van der Waals surface area contributed by atoms with E-state index >= 15 is 0 Å². The van der Waals surface area contributed by atoms with Crippen molar-refractivity contribution < 1.29 is 0 Å². The number of hydrogen-bond acceptors (Lipinski definition) is 2. The lowest BCUT2D eigenvalue weighted by Gasteiger charge is -2.26. The van der Waals surface area contributed by atoms with Gasteiger partial charge in [-0.25, -0.2) is 0 Å². The summed E-state index contributed by atoms with van der Waals surface area (Å²) in [4.78, 5) is 2.62. The van der Waals surface area contributed by atoms with E-state index in [9.17, 15) is 0 Å². The molecule has 1 fully saturated rings. The van der Waals surface area contributed by atoms with Crippen LogP contribution in [-0.2, 0) is 0 Å². The first-order valence-electron chi connectivity index (χ1n) is 7.26. The summed E-state index contributed by atoms with van der Waals surface area (Å²) in [6.07, 6.45) is 5.55. The fourth-order valence-electron chi connectivity index (χ4n) is 2.83. The van der Waals surface area contributed by atoms with E-state index in [1.54, 1.807) is 0 Å². The molecule has 100 valence electrons. The second kappa shape index (κ2) is 6.91. The van der Waals surface area contributed by atoms with Gasteiger partial charge in [-0.2, -0.15) is 0 Å². The number of benzene rings is 1. The molecule has 0 saturated carbocycles. The standard InChI is InChI=1S/C16H26N2/c1-14-8-7-9-15(12-14)16(17-2)13-18-10-5-3-4-6-11-18/h7-9,12,16-17H,3-6,10-11,13H2,1-2H3. The van der Waals surface area contributed by atoms with Gasteiger partial charge in [-0.1, -0.05) is 42.7 Å². The molecule has 0 radical (unpaired) electrons. The van der Waals surface area contributed by atoms with Crippen molar-refractivity contribution in [2.24, 2.45) is 0 Å². The predicted molar refractivity (Wildman–Crippen MR) is 77.9 cm³/mol. The van der Waals surface area contributed by atoms with Gasteiger partial charge in [0.15, 0.2) is 0 Å². The van der Waals surface area contributed by atoms with Crippen molar-refractivity contribution in [1.82, 2.24) is 10.2 Å². The first-order chi connectivity index (χ1) is 8.79. The number of likely N-dealkylation sites (N-methyl/N-ethyl adjacent to an activating group) is 1. The molecule has 1 aromatic carbocycles. The van der Waals surface area contributed by atoms with Crippen molar-refractivity contribution in [2.75, 3.05) is 26.7 Å². The summed E-state index contributed by atoms with van der Waals surface area (Å²) in [5.74, 6) is 0. The lowest BCUT2D eigenvalue weighted by atomic mass is 10.0. The molecule has 0 amide bonds. The average molecular weight is 246 g/mol. The van der Waals surface area contributed by atoms with E-state index < -0.39 is 0 Å². The summed E-state index contributed by atoms with van der Waals surface area (Å²) < 4.78 is 0. The van der Waals surface area contributed by atoms with E-state index in [1.165, 1.54) is 49.9 Å². The van der Waals surface area contributed by atoms with Crippen molar-refractivity contribution in [3.63, 3.8) is 0 Å². The Balaban J connectivity index is 1.99. The van der Waals surface area contributed by atoms with Crippen LogP contribution in [0, 0.1) is 6.92 Å². The maximum absolute atomic E-state index is 3.47. The summed E-state index contributed by atoms with van der Waals surface area (Å²) in [5.41, 5.74) is 2.77. The molecule has 0 aliphatic carbocycles. The van der Waals surface area contributed by atoms with Gasteiger partial charge in [-0.3, -0.25) is 0 Å². The molecule has 1 aliphatic rings. The Morgan fingerprint density at radius 2 is 1.89 bits per heavy atom. The SMILES string of the molecule is CNC(CN1CCCCCC1)c1cccc(C)c1. The Labute approximate surface area is 111 Å².